The summed E-state index contributed by atoms with van der Waals surface area (Å²) in [6.45, 7) is 4.69. The van der Waals surface area contributed by atoms with Crippen LogP contribution in [0.2, 0.25) is 0 Å². The summed E-state index contributed by atoms with van der Waals surface area (Å²) in [5.74, 6) is 1.86. The van der Waals surface area contributed by atoms with E-state index in [4.69, 9.17) is 0 Å². The minimum atomic E-state index is -0.787. The molecule has 3 heteroatoms. The van der Waals surface area contributed by atoms with Crippen LogP contribution in [0.15, 0.2) is 11.6 Å². The van der Waals surface area contributed by atoms with Gasteiger partial charge >= 0.3 is 0 Å². The largest absolute Gasteiger partial charge is 0.393 e. The van der Waals surface area contributed by atoms with Crippen LogP contribution in [-0.2, 0) is 0 Å². The third-order valence-electron chi connectivity index (χ3n) is 8.77. The van der Waals surface area contributed by atoms with Gasteiger partial charge in [-0.3, -0.25) is 0 Å². The van der Waals surface area contributed by atoms with Crippen molar-refractivity contribution in [2.75, 3.05) is 0 Å². The van der Waals surface area contributed by atoms with Crippen LogP contribution in [0.3, 0.4) is 0 Å². The number of nitriles is 1. The molecule has 0 aromatic heterocycles. The Morgan fingerprint density at radius 2 is 1.92 bits per heavy atom. The maximum Gasteiger partial charge on any atom is 0.0833 e. The molecule has 0 unspecified atom stereocenters. The molecule has 3 nitrogen and oxygen atoms in total. The van der Waals surface area contributed by atoms with Gasteiger partial charge < -0.3 is 10.2 Å². The number of aliphatic hydroxyl groups excluding tert-OH is 1. The van der Waals surface area contributed by atoms with Gasteiger partial charge in [-0.15, -0.1) is 0 Å². The molecule has 132 valence electrons. The minimum absolute atomic E-state index is 0.0974. The highest BCUT2D eigenvalue weighted by Gasteiger charge is 2.63. The predicted octanol–water partition coefficient (Wildman–Crippen LogP) is 3.95. The van der Waals surface area contributed by atoms with E-state index < -0.39 is 5.60 Å². The average Bonchev–Trinajstić information content (AvgIpc) is 2.80. The van der Waals surface area contributed by atoms with Crippen LogP contribution < -0.4 is 0 Å². The fourth-order valence-corrected chi connectivity index (χ4v) is 7.17. The molecule has 0 amide bonds. The number of fused-ring (bicyclic) bond motifs is 5. The van der Waals surface area contributed by atoms with E-state index in [1.165, 1.54) is 5.57 Å². The van der Waals surface area contributed by atoms with E-state index in [0.717, 1.165) is 51.4 Å². The Morgan fingerprint density at radius 3 is 2.67 bits per heavy atom. The molecule has 0 saturated heterocycles. The van der Waals surface area contributed by atoms with Crippen molar-refractivity contribution in [3.8, 4) is 6.07 Å². The summed E-state index contributed by atoms with van der Waals surface area (Å²) >= 11 is 0. The molecule has 7 atom stereocenters. The highest BCUT2D eigenvalue weighted by atomic mass is 16.3. The van der Waals surface area contributed by atoms with Crippen molar-refractivity contribution in [3.63, 3.8) is 0 Å². The summed E-state index contributed by atoms with van der Waals surface area (Å²) in [6.07, 6.45) is 10.6. The van der Waals surface area contributed by atoms with Crippen LogP contribution in [0, 0.1) is 39.9 Å². The van der Waals surface area contributed by atoms with Crippen LogP contribution in [0.5, 0.6) is 0 Å². The van der Waals surface area contributed by atoms with Gasteiger partial charge in [0, 0.05) is 5.41 Å². The minimum Gasteiger partial charge on any atom is -0.393 e. The van der Waals surface area contributed by atoms with Crippen LogP contribution in [-0.4, -0.2) is 21.9 Å². The summed E-state index contributed by atoms with van der Waals surface area (Å²) in [6, 6.07) is 2.25. The lowest BCUT2D eigenvalue weighted by molar-refractivity contribution is -0.122. The molecular weight excluding hydrogens is 298 g/mol. The van der Waals surface area contributed by atoms with Gasteiger partial charge in [-0.2, -0.15) is 5.26 Å². The second kappa shape index (κ2) is 5.32. The van der Waals surface area contributed by atoms with Gasteiger partial charge in [0.25, 0.3) is 0 Å². The van der Waals surface area contributed by atoms with Gasteiger partial charge in [-0.25, -0.2) is 0 Å². The fourth-order valence-electron chi connectivity index (χ4n) is 7.17. The van der Waals surface area contributed by atoms with Crippen molar-refractivity contribution in [1.29, 1.82) is 5.26 Å². The molecule has 4 aliphatic carbocycles. The maximum atomic E-state index is 11.2. The van der Waals surface area contributed by atoms with Crippen LogP contribution >= 0.6 is 0 Å². The Labute approximate surface area is 145 Å². The number of hydrogen-bond donors (Lipinski definition) is 2. The van der Waals surface area contributed by atoms with E-state index in [-0.39, 0.29) is 23.4 Å². The van der Waals surface area contributed by atoms with E-state index in [1.54, 1.807) is 0 Å². The Hall–Kier alpha value is -0.850. The molecule has 0 spiro atoms. The van der Waals surface area contributed by atoms with E-state index in [1.807, 2.05) is 0 Å². The predicted molar refractivity (Wildman–Crippen MR) is 92.9 cm³/mol. The van der Waals surface area contributed by atoms with E-state index in [9.17, 15) is 15.5 Å². The molecule has 2 N–H and O–H groups in total. The van der Waals surface area contributed by atoms with Gasteiger partial charge in [0.2, 0.25) is 0 Å². The number of aliphatic hydroxyl groups is 2. The van der Waals surface area contributed by atoms with Crippen LogP contribution in [0.25, 0.3) is 0 Å². The van der Waals surface area contributed by atoms with Gasteiger partial charge in [0.1, 0.15) is 0 Å². The van der Waals surface area contributed by atoms with Crippen LogP contribution in [0.4, 0.5) is 0 Å². The van der Waals surface area contributed by atoms with Crippen molar-refractivity contribution >= 4 is 0 Å². The van der Waals surface area contributed by atoms with Crippen molar-refractivity contribution in [2.24, 2.45) is 28.6 Å². The molecular formula is C21H31NO2. The topological polar surface area (TPSA) is 64.2 Å². The van der Waals surface area contributed by atoms with Crippen molar-refractivity contribution < 1.29 is 10.2 Å². The van der Waals surface area contributed by atoms with Crippen LogP contribution in [0.1, 0.15) is 71.6 Å². The molecule has 0 aromatic rings. The zero-order chi connectivity index (χ0) is 17.2. The Morgan fingerprint density at radius 1 is 1.17 bits per heavy atom. The lowest BCUT2D eigenvalue weighted by Crippen LogP contribution is -2.54. The second-order valence-corrected chi connectivity index (χ2v) is 9.52. The molecule has 0 aromatic carbocycles. The van der Waals surface area contributed by atoms with E-state index in [0.29, 0.717) is 17.8 Å². The SMILES string of the molecule is C[C@]12CC[C@H](O)CC1=CC[C@H]1[C@H]3CC[C@](O)(CC#N)[C@]3(C)CC[C@@H]12. The monoisotopic (exact) mass is 329 g/mol. The summed E-state index contributed by atoms with van der Waals surface area (Å²) in [5, 5.41) is 30.5. The average molecular weight is 329 g/mol. The third kappa shape index (κ3) is 2.02. The summed E-state index contributed by atoms with van der Waals surface area (Å²) in [7, 11) is 0. The lowest BCUT2D eigenvalue weighted by Gasteiger charge is -2.58. The first-order chi connectivity index (χ1) is 11.3. The lowest BCUT2D eigenvalue weighted by atomic mass is 9.47. The Bertz CT molecular complexity index is 607. The number of allylic oxidation sites excluding steroid dienone is 1. The molecule has 3 saturated carbocycles. The normalized spacial score (nSPS) is 53.4. The van der Waals surface area contributed by atoms with Gasteiger partial charge in [-0.05, 0) is 74.5 Å². The number of nitrogens with zero attached hydrogens (tertiary/aromatic N) is 1. The molecule has 0 aliphatic heterocycles. The smallest absolute Gasteiger partial charge is 0.0833 e. The Kier molecular flexibility index (Phi) is 3.68. The van der Waals surface area contributed by atoms with Crippen molar-refractivity contribution in [2.45, 2.75) is 83.3 Å². The van der Waals surface area contributed by atoms with E-state index >= 15 is 0 Å². The molecule has 3 fully saturated rings. The van der Waals surface area contributed by atoms with Crippen molar-refractivity contribution in [3.05, 3.63) is 11.6 Å². The van der Waals surface area contributed by atoms with Crippen molar-refractivity contribution in [1.82, 2.24) is 0 Å². The first kappa shape index (κ1) is 16.6. The third-order valence-corrected chi connectivity index (χ3v) is 8.77. The number of hydrogen-bond acceptors (Lipinski definition) is 3. The zero-order valence-corrected chi connectivity index (χ0v) is 15.1. The summed E-state index contributed by atoms with van der Waals surface area (Å²) in [4.78, 5) is 0. The summed E-state index contributed by atoms with van der Waals surface area (Å²) < 4.78 is 0. The quantitative estimate of drug-likeness (QED) is 0.716. The van der Waals surface area contributed by atoms with E-state index in [2.05, 4.69) is 26.0 Å². The fraction of sp³-hybridized carbons (Fsp3) is 0.857. The molecule has 24 heavy (non-hydrogen) atoms. The molecule has 0 heterocycles. The Balaban J connectivity index is 1.67. The van der Waals surface area contributed by atoms with Gasteiger partial charge in [0.15, 0.2) is 0 Å². The van der Waals surface area contributed by atoms with Gasteiger partial charge in [-0.1, -0.05) is 25.5 Å². The standard InChI is InChI=1S/C21H31NO2/c1-19-8-5-15(23)13-14(19)3-4-16-17(19)6-9-20(2)18(16)7-10-21(20,24)11-12-22/h3,15-18,23-24H,4-11,13H2,1-2H3/t15-,16+,17-,18+,19-,20+,21-/m0/s1. The molecule has 4 aliphatic rings. The molecule has 0 bridgehead atoms. The molecule has 4 rings (SSSR count). The van der Waals surface area contributed by atoms with Gasteiger partial charge in [0.05, 0.1) is 24.2 Å². The summed E-state index contributed by atoms with van der Waals surface area (Å²) in [5.41, 5.74) is 0.862. The zero-order valence-electron chi connectivity index (χ0n) is 15.1. The molecule has 0 radical (unpaired) electrons. The highest BCUT2D eigenvalue weighted by molar-refractivity contribution is 5.26. The second-order valence-electron chi connectivity index (χ2n) is 9.52. The number of rotatable bonds is 1. The highest BCUT2D eigenvalue weighted by Crippen LogP contribution is 2.67. The maximum absolute atomic E-state index is 11.2. The first-order valence-electron chi connectivity index (χ1n) is 9.81. The first-order valence-corrected chi connectivity index (χ1v) is 9.81.